The molecular weight excluding hydrogens is 431 g/mol. The summed E-state index contributed by atoms with van der Waals surface area (Å²) < 4.78 is 30.6. The third-order valence-corrected chi connectivity index (χ3v) is 6.54. The average molecular weight is 460 g/mol. The van der Waals surface area contributed by atoms with E-state index in [1.807, 2.05) is 42.5 Å². The molecule has 0 bridgehead atoms. The van der Waals surface area contributed by atoms with E-state index < -0.39 is 18.8 Å². The Morgan fingerprint density at radius 1 is 0.938 bits per heavy atom. The van der Waals surface area contributed by atoms with Gasteiger partial charge in [-0.1, -0.05) is 42.5 Å². The average Bonchev–Trinajstić information content (AvgIpc) is 2.71. The summed E-state index contributed by atoms with van der Waals surface area (Å²) in [5.41, 5.74) is 0.129. The molecule has 0 aliphatic carbocycles. The Morgan fingerprint density at radius 3 is 2.28 bits per heavy atom. The van der Waals surface area contributed by atoms with Crippen LogP contribution in [0.5, 0.6) is 0 Å². The van der Waals surface area contributed by atoms with Crippen molar-refractivity contribution < 1.29 is 18.3 Å². The van der Waals surface area contributed by atoms with Crippen LogP contribution >= 0.6 is 7.60 Å². The van der Waals surface area contributed by atoms with Gasteiger partial charge in [0, 0.05) is 6.20 Å². The van der Waals surface area contributed by atoms with Crippen LogP contribution in [0.4, 0.5) is 0 Å². The number of aromatic amines is 1. The van der Waals surface area contributed by atoms with Gasteiger partial charge in [0.25, 0.3) is 5.56 Å². The van der Waals surface area contributed by atoms with Gasteiger partial charge in [-0.25, -0.2) is 4.79 Å². The number of ether oxygens (including phenoxy) is 1. The SMILES string of the molecule is CC(C)OP(=O)(COCCn1cc(-c2cccc3ccccc23)c(=O)[nH]c1=O)OC(C)C. The topological polar surface area (TPSA) is 99.6 Å². The number of aromatic nitrogens is 2. The van der Waals surface area contributed by atoms with Crippen molar-refractivity contribution in [3.8, 4) is 11.1 Å². The Bertz CT molecular complexity index is 1210. The zero-order valence-electron chi connectivity index (χ0n) is 18.7. The second-order valence-electron chi connectivity index (χ2n) is 7.98. The molecule has 0 aliphatic rings. The zero-order valence-corrected chi connectivity index (χ0v) is 19.6. The molecule has 3 rings (SSSR count). The number of H-pyrrole nitrogens is 1. The maximum Gasteiger partial charge on any atom is 0.356 e. The highest BCUT2D eigenvalue weighted by molar-refractivity contribution is 7.53. The number of hydrogen-bond donors (Lipinski definition) is 1. The molecule has 32 heavy (non-hydrogen) atoms. The monoisotopic (exact) mass is 460 g/mol. The second kappa shape index (κ2) is 10.4. The van der Waals surface area contributed by atoms with Gasteiger partial charge in [-0.15, -0.1) is 0 Å². The summed E-state index contributed by atoms with van der Waals surface area (Å²) in [6, 6.07) is 13.4. The van der Waals surface area contributed by atoms with Crippen molar-refractivity contribution in [2.24, 2.45) is 0 Å². The molecule has 1 aromatic heterocycles. The first kappa shape index (κ1) is 24.1. The van der Waals surface area contributed by atoms with Crippen LogP contribution in [0.25, 0.3) is 21.9 Å². The van der Waals surface area contributed by atoms with Crippen LogP contribution in [0.3, 0.4) is 0 Å². The van der Waals surface area contributed by atoms with Crippen LogP contribution < -0.4 is 11.2 Å². The number of hydrogen-bond acceptors (Lipinski definition) is 6. The Hall–Kier alpha value is -2.51. The zero-order chi connectivity index (χ0) is 23.3. The molecule has 0 saturated heterocycles. The summed E-state index contributed by atoms with van der Waals surface area (Å²) in [5.74, 6) is 0. The highest BCUT2D eigenvalue weighted by atomic mass is 31.2. The van der Waals surface area contributed by atoms with Gasteiger partial charge in [-0.2, -0.15) is 0 Å². The van der Waals surface area contributed by atoms with Crippen LogP contribution in [0.1, 0.15) is 27.7 Å². The number of benzene rings is 2. The molecule has 0 saturated carbocycles. The van der Waals surface area contributed by atoms with E-state index in [2.05, 4.69) is 4.98 Å². The molecule has 172 valence electrons. The Morgan fingerprint density at radius 2 is 1.59 bits per heavy atom. The molecule has 0 unspecified atom stereocenters. The van der Waals surface area contributed by atoms with Gasteiger partial charge in [0.1, 0.15) is 6.35 Å². The van der Waals surface area contributed by atoms with Gasteiger partial charge < -0.3 is 13.8 Å². The highest BCUT2D eigenvalue weighted by Crippen LogP contribution is 2.50. The fourth-order valence-electron chi connectivity index (χ4n) is 3.39. The van der Waals surface area contributed by atoms with E-state index in [-0.39, 0.29) is 31.7 Å². The molecular formula is C23H29N2O6P. The van der Waals surface area contributed by atoms with Gasteiger partial charge in [-0.3, -0.25) is 18.9 Å². The third kappa shape index (κ3) is 6.04. The number of nitrogens with zero attached hydrogens (tertiary/aromatic N) is 1. The number of nitrogens with one attached hydrogen (secondary N) is 1. The predicted octanol–water partition coefficient (Wildman–Crippen LogP) is 4.37. The minimum absolute atomic E-state index is 0.0911. The summed E-state index contributed by atoms with van der Waals surface area (Å²) in [7, 11) is -3.42. The van der Waals surface area contributed by atoms with E-state index in [9.17, 15) is 14.2 Å². The normalized spacial score (nSPS) is 12.2. The minimum Gasteiger partial charge on any atom is -0.367 e. The molecule has 1 heterocycles. The van der Waals surface area contributed by atoms with Crippen molar-refractivity contribution in [1.82, 2.24) is 9.55 Å². The van der Waals surface area contributed by atoms with Crippen molar-refractivity contribution in [2.45, 2.75) is 46.4 Å². The number of rotatable bonds is 10. The lowest BCUT2D eigenvalue weighted by Crippen LogP contribution is -2.31. The molecule has 0 radical (unpaired) electrons. The van der Waals surface area contributed by atoms with E-state index in [1.165, 1.54) is 10.8 Å². The van der Waals surface area contributed by atoms with Gasteiger partial charge in [0.15, 0.2) is 0 Å². The molecule has 0 amide bonds. The summed E-state index contributed by atoms with van der Waals surface area (Å²) in [6.07, 6.45) is 0.736. The van der Waals surface area contributed by atoms with Gasteiger partial charge in [0.05, 0.1) is 30.9 Å². The predicted molar refractivity (Wildman–Crippen MR) is 125 cm³/mol. The first-order valence-corrected chi connectivity index (χ1v) is 12.3. The third-order valence-electron chi connectivity index (χ3n) is 4.56. The number of fused-ring (bicyclic) bond motifs is 1. The Balaban J connectivity index is 1.78. The van der Waals surface area contributed by atoms with Crippen molar-refractivity contribution in [3.63, 3.8) is 0 Å². The Kier molecular flexibility index (Phi) is 7.85. The van der Waals surface area contributed by atoms with Crippen molar-refractivity contribution >= 4 is 18.4 Å². The summed E-state index contributed by atoms with van der Waals surface area (Å²) in [4.78, 5) is 27.2. The molecule has 2 aromatic carbocycles. The lowest BCUT2D eigenvalue weighted by Gasteiger charge is -2.22. The molecule has 0 spiro atoms. The fourth-order valence-corrected chi connectivity index (χ4v) is 5.20. The van der Waals surface area contributed by atoms with E-state index in [0.29, 0.717) is 5.56 Å². The Labute approximate surface area is 186 Å². The first-order valence-electron chi connectivity index (χ1n) is 10.5. The molecule has 9 heteroatoms. The van der Waals surface area contributed by atoms with Crippen LogP contribution in [0, 0.1) is 0 Å². The van der Waals surface area contributed by atoms with Crippen molar-refractivity contribution in [3.05, 3.63) is 69.5 Å². The maximum atomic E-state index is 12.8. The van der Waals surface area contributed by atoms with Crippen molar-refractivity contribution in [2.75, 3.05) is 13.0 Å². The van der Waals surface area contributed by atoms with Gasteiger partial charge in [-0.05, 0) is 44.0 Å². The van der Waals surface area contributed by atoms with Gasteiger partial charge in [0.2, 0.25) is 0 Å². The van der Waals surface area contributed by atoms with Crippen LogP contribution in [0.2, 0.25) is 0 Å². The standard InChI is InChI=1S/C23H29N2O6P/c1-16(2)30-32(28,31-17(3)4)15-29-13-12-25-14-21(22(26)24-23(25)27)20-11-7-9-18-8-5-6-10-19(18)20/h5-11,14,16-17H,12-13,15H2,1-4H3,(H,24,26,27). The van der Waals surface area contributed by atoms with Gasteiger partial charge >= 0.3 is 13.3 Å². The summed E-state index contributed by atoms with van der Waals surface area (Å²) in [5, 5.41) is 1.91. The molecule has 0 aliphatic heterocycles. The van der Waals surface area contributed by atoms with Crippen molar-refractivity contribution in [1.29, 1.82) is 0 Å². The molecule has 1 N–H and O–H groups in total. The highest BCUT2D eigenvalue weighted by Gasteiger charge is 2.28. The smallest absolute Gasteiger partial charge is 0.356 e. The summed E-state index contributed by atoms with van der Waals surface area (Å²) in [6.45, 7) is 7.33. The largest absolute Gasteiger partial charge is 0.367 e. The second-order valence-corrected chi connectivity index (χ2v) is 9.88. The maximum absolute atomic E-state index is 12.8. The van der Waals surface area contributed by atoms with E-state index in [4.69, 9.17) is 13.8 Å². The van der Waals surface area contributed by atoms with Crippen LogP contribution in [0.15, 0.2) is 58.3 Å². The first-order chi connectivity index (χ1) is 15.2. The lowest BCUT2D eigenvalue weighted by atomic mass is 10.0. The minimum atomic E-state index is -3.42. The lowest BCUT2D eigenvalue weighted by molar-refractivity contribution is 0.0955. The fraction of sp³-hybridized carbons (Fsp3) is 0.391. The van der Waals surface area contributed by atoms with E-state index in [0.717, 1.165) is 16.3 Å². The quantitative estimate of drug-likeness (QED) is 0.356. The van der Waals surface area contributed by atoms with Crippen LogP contribution in [-0.4, -0.2) is 34.7 Å². The molecule has 3 aromatic rings. The van der Waals surface area contributed by atoms with Crippen LogP contribution in [-0.2, 0) is 24.9 Å². The van der Waals surface area contributed by atoms with E-state index in [1.54, 1.807) is 27.7 Å². The summed E-state index contributed by atoms with van der Waals surface area (Å²) >= 11 is 0. The molecule has 8 nitrogen and oxygen atoms in total. The van der Waals surface area contributed by atoms with E-state index >= 15 is 0 Å². The molecule has 0 fully saturated rings. The molecule has 0 atom stereocenters.